The normalized spacial score (nSPS) is 11.4. The third-order valence-corrected chi connectivity index (χ3v) is 4.95. The fourth-order valence-electron chi connectivity index (χ4n) is 1.46. The zero-order valence-electron chi connectivity index (χ0n) is 10.1. The monoisotopic (exact) mass is 236 g/mol. The van der Waals surface area contributed by atoms with Crippen LogP contribution in [0, 0.1) is 0 Å². The first-order valence-corrected chi connectivity index (χ1v) is 8.68. The van der Waals surface area contributed by atoms with Crippen molar-refractivity contribution in [1.29, 1.82) is 0 Å². The maximum absolute atomic E-state index is 9.17. The van der Waals surface area contributed by atoms with Crippen molar-refractivity contribution >= 4 is 8.32 Å². The molecule has 1 aromatic rings. The van der Waals surface area contributed by atoms with Crippen LogP contribution in [-0.4, -0.2) is 20.0 Å². The van der Waals surface area contributed by atoms with Crippen LogP contribution >= 0.6 is 0 Å². The van der Waals surface area contributed by atoms with Gasteiger partial charge in [-0.3, -0.25) is 0 Å². The van der Waals surface area contributed by atoms with Gasteiger partial charge in [-0.25, -0.2) is 0 Å². The number of hydrogen-bond acceptors (Lipinski definition) is 2. The average molecular weight is 236 g/mol. The lowest BCUT2D eigenvalue weighted by molar-refractivity contribution is 0.352. The Morgan fingerprint density at radius 1 is 1.31 bits per heavy atom. The van der Waals surface area contributed by atoms with E-state index in [9.17, 15) is 5.11 Å². The van der Waals surface area contributed by atoms with Crippen LogP contribution in [0.25, 0.3) is 0 Å². The molecule has 0 aliphatic carbocycles. The molecule has 88 valence electrons. The minimum Gasteiger partial charge on any atom is -0.508 e. The first-order chi connectivity index (χ1) is 7.53. The fourth-order valence-corrected chi connectivity index (χ4v) is 3.07. The van der Waals surface area contributed by atoms with Crippen molar-refractivity contribution in [2.75, 3.05) is 6.61 Å². The molecule has 0 atom stereocenters. The van der Waals surface area contributed by atoms with Gasteiger partial charge in [0.15, 0.2) is 8.32 Å². The quantitative estimate of drug-likeness (QED) is 0.606. The first-order valence-electron chi connectivity index (χ1n) is 5.56. The van der Waals surface area contributed by atoms with Crippen LogP contribution in [0.4, 0.5) is 0 Å². The van der Waals surface area contributed by atoms with Crippen molar-refractivity contribution in [2.24, 2.45) is 0 Å². The Morgan fingerprint density at radius 2 is 1.94 bits per heavy atom. The molecule has 0 radical (unpaired) electrons. The van der Waals surface area contributed by atoms with Gasteiger partial charge in [0.25, 0.3) is 0 Å². The molecule has 1 aromatic carbocycles. The molecule has 16 heavy (non-hydrogen) atoms. The minimum atomic E-state index is -1.55. The summed E-state index contributed by atoms with van der Waals surface area (Å²) in [6.07, 6.45) is 2.81. The smallest absolute Gasteiger partial charge is 0.187 e. The van der Waals surface area contributed by atoms with Gasteiger partial charge in [-0.15, -0.1) is 6.58 Å². The van der Waals surface area contributed by atoms with Crippen molar-refractivity contribution in [2.45, 2.75) is 25.6 Å². The molecule has 0 heterocycles. The second-order valence-electron chi connectivity index (χ2n) is 4.53. The highest BCUT2D eigenvalue weighted by Gasteiger charge is 2.21. The molecule has 0 amide bonds. The predicted octanol–water partition coefficient (Wildman–Crippen LogP) is 3.34. The summed E-state index contributed by atoms with van der Waals surface area (Å²) in [6.45, 7) is 8.75. The van der Waals surface area contributed by atoms with E-state index in [1.807, 2.05) is 12.1 Å². The number of rotatable bonds is 6. The lowest BCUT2D eigenvalue weighted by Gasteiger charge is -2.21. The van der Waals surface area contributed by atoms with Gasteiger partial charge in [-0.1, -0.05) is 18.2 Å². The minimum absolute atomic E-state index is 0.322. The molecule has 0 aliphatic rings. The topological polar surface area (TPSA) is 29.5 Å². The van der Waals surface area contributed by atoms with Crippen molar-refractivity contribution in [1.82, 2.24) is 0 Å². The molecule has 0 saturated carbocycles. The van der Waals surface area contributed by atoms with E-state index in [0.29, 0.717) is 12.4 Å². The Balaban J connectivity index is 2.44. The number of aromatic hydroxyl groups is 1. The molecule has 0 aromatic heterocycles. The summed E-state index contributed by atoms with van der Waals surface area (Å²) < 4.78 is 5.80. The summed E-state index contributed by atoms with van der Waals surface area (Å²) in [4.78, 5) is 0. The molecular weight excluding hydrogens is 216 g/mol. The van der Waals surface area contributed by atoms with Gasteiger partial charge in [0.05, 0.1) is 6.61 Å². The molecule has 1 rings (SSSR count). The molecule has 0 bridgehead atoms. The van der Waals surface area contributed by atoms with Gasteiger partial charge < -0.3 is 9.53 Å². The third kappa shape index (κ3) is 4.64. The van der Waals surface area contributed by atoms with Gasteiger partial charge in [0, 0.05) is 0 Å². The van der Waals surface area contributed by atoms with E-state index in [1.54, 1.807) is 18.2 Å². The lowest BCUT2D eigenvalue weighted by atomic mass is 10.2. The predicted molar refractivity (Wildman–Crippen MR) is 70.2 cm³/mol. The number of benzene rings is 1. The summed E-state index contributed by atoms with van der Waals surface area (Å²) in [5, 5.41) is 9.17. The Hall–Kier alpha value is -1.06. The zero-order chi connectivity index (χ0) is 12.0. The average Bonchev–Trinajstić information content (AvgIpc) is 2.26. The van der Waals surface area contributed by atoms with Gasteiger partial charge >= 0.3 is 0 Å². The van der Waals surface area contributed by atoms with E-state index in [1.165, 1.54) is 5.56 Å². The highest BCUT2D eigenvalue weighted by atomic mass is 28.4. The molecule has 0 aliphatic heterocycles. The Morgan fingerprint density at radius 3 is 2.50 bits per heavy atom. The van der Waals surface area contributed by atoms with Gasteiger partial charge in [-0.05, 0) is 43.3 Å². The Bertz CT molecular complexity index is 330. The van der Waals surface area contributed by atoms with Crippen molar-refractivity contribution < 1.29 is 9.53 Å². The van der Waals surface area contributed by atoms with Crippen LogP contribution in [0.2, 0.25) is 19.1 Å². The number of hydrogen-bond donors (Lipinski definition) is 1. The molecule has 0 saturated heterocycles. The van der Waals surface area contributed by atoms with E-state index in [2.05, 4.69) is 19.7 Å². The van der Waals surface area contributed by atoms with Crippen LogP contribution < -0.4 is 0 Å². The molecule has 3 heteroatoms. The largest absolute Gasteiger partial charge is 0.508 e. The van der Waals surface area contributed by atoms with Gasteiger partial charge in [0.2, 0.25) is 0 Å². The Labute approximate surface area is 98.7 Å². The van der Waals surface area contributed by atoms with Gasteiger partial charge in [-0.2, -0.15) is 0 Å². The van der Waals surface area contributed by atoms with Crippen molar-refractivity contribution in [3.05, 3.63) is 42.5 Å². The summed E-state index contributed by atoms with van der Waals surface area (Å²) >= 11 is 0. The maximum Gasteiger partial charge on any atom is 0.187 e. The highest BCUT2D eigenvalue weighted by molar-refractivity contribution is 6.71. The fraction of sp³-hybridized carbons (Fsp3) is 0.385. The third-order valence-electron chi connectivity index (χ3n) is 2.54. The van der Waals surface area contributed by atoms with E-state index in [0.717, 1.165) is 12.5 Å². The lowest BCUT2D eigenvalue weighted by Crippen LogP contribution is -2.30. The number of phenolic OH excluding ortho intramolecular Hbond substituents is 1. The van der Waals surface area contributed by atoms with E-state index in [4.69, 9.17) is 4.43 Å². The second-order valence-corrected chi connectivity index (χ2v) is 8.83. The van der Waals surface area contributed by atoms with E-state index in [-0.39, 0.29) is 0 Å². The molecule has 1 N–H and O–H groups in total. The van der Waals surface area contributed by atoms with Crippen molar-refractivity contribution in [3.8, 4) is 5.75 Å². The van der Waals surface area contributed by atoms with Gasteiger partial charge in [0.1, 0.15) is 5.75 Å². The summed E-state index contributed by atoms with van der Waals surface area (Å²) in [6, 6.07) is 8.48. The van der Waals surface area contributed by atoms with Crippen LogP contribution in [-0.2, 0) is 10.8 Å². The Kier molecular flexibility index (Phi) is 4.77. The summed E-state index contributed by atoms with van der Waals surface area (Å²) in [7, 11) is -1.55. The van der Waals surface area contributed by atoms with Crippen LogP contribution in [0.5, 0.6) is 5.75 Å². The standard InChI is InChI=1S/C13H20O2Si/c1-4-10-15-16(2,3)11-9-12-5-7-13(14)8-6-12/h4-8,14H,1,9-11H2,2-3H3. The zero-order valence-corrected chi connectivity index (χ0v) is 11.1. The molecule has 0 fully saturated rings. The maximum atomic E-state index is 9.17. The van der Waals surface area contributed by atoms with Crippen LogP contribution in [0.15, 0.2) is 36.9 Å². The van der Waals surface area contributed by atoms with E-state index >= 15 is 0 Å². The summed E-state index contributed by atoms with van der Waals surface area (Å²) in [5.74, 6) is 0.322. The van der Waals surface area contributed by atoms with Crippen LogP contribution in [0.3, 0.4) is 0 Å². The molecule has 2 nitrogen and oxygen atoms in total. The molecular formula is C13H20O2Si. The van der Waals surface area contributed by atoms with Crippen molar-refractivity contribution in [3.63, 3.8) is 0 Å². The number of aryl methyl sites for hydroxylation is 1. The van der Waals surface area contributed by atoms with Crippen LogP contribution in [0.1, 0.15) is 5.56 Å². The highest BCUT2D eigenvalue weighted by Crippen LogP contribution is 2.17. The number of phenols is 1. The van der Waals surface area contributed by atoms with E-state index < -0.39 is 8.32 Å². The first kappa shape index (κ1) is 13.0. The SMILES string of the molecule is C=CCO[Si](C)(C)CCc1ccc(O)cc1. The molecule has 0 spiro atoms. The summed E-state index contributed by atoms with van der Waals surface area (Å²) in [5.41, 5.74) is 1.25. The molecule has 0 unspecified atom stereocenters. The second kappa shape index (κ2) is 5.87.